The van der Waals surface area contributed by atoms with Crippen molar-refractivity contribution in [2.45, 2.75) is 36.6 Å². The Kier molecular flexibility index (Phi) is 6.36. The molecule has 5 rings (SSSR count). The van der Waals surface area contributed by atoms with E-state index in [2.05, 4.69) is 6.58 Å². The fourth-order valence-electron chi connectivity index (χ4n) is 6.24. The summed E-state index contributed by atoms with van der Waals surface area (Å²) in [5.41, 5.74) is -0.0968. The number of carbonyl (C=O) groups is 3. The number of nitrogens with zero attached hydrogens (tertiary/aromatic N) is 2. The molecule has 3 aliphatic rings. The number of benzene rings is 2. The van der Waals surface area contributed by atoms with Crippen LogP contribution in [0.25, 0.3) is 0 Å². The van der Waals surface area contributed by atoms with Crippen LogP contribution >= 0.6 is 11.6 Å². The Morgan fingerprint density at radius 2 is 1.92 bits per heavy atom. The molecule has 2 amide bonds. The summed E-state index contributed by atoms with van der Waals surface area (Å²) < 4.78 is 6.29. The number of fused-ring (bicyclic) bond motifs is 1. The van der Waals surface area contributed by atoms with Crippen molar-refractivity contribution in [2.24, 2.45) is 11.8 Å². The minimum absolute atomic E-state index is 0.153. The van der Waals surface area contributed by atoms with Crippen LogP contribution in [0.1, 0.15) is 24.4 Å². The Hall–Kier alpha value is -3.20. The summed E-state index contributed by atoms with van der Waals surface area (Å²) in [6, 6.07) is 13.7. The Morgan fingerprint density at radius 1 is 1.22 bits per heavy atom. The van der Waals surface area contributed by atoms with E-state index in [4.69, 9.17) is 16.3 Å². The topological polar surface area (TPSA) is 107 Å². The number of aliphatic hydroxyl groups excluding tert-OH is 1. The predicted molar refractivity (Wildman–Crippen MR) is 132 cm³/mol. The number of anilines is 1. The highest BCUT2D eigenvalue weighted by Gasteiger charge is 2.75. The van der Waals surface area contributed by atoms with Crippen molar-refractivity contribution < 1.29 is 29.3 Å². The lowest BCUT2D eigenvalue weighted by Gasteiger charge is -2.39. The van der Waals surface area contributed by atoms with Crippen LogP contribution in [-0.4, -0.2) is 63.8 Å². The molecular formula is C27H27ClN2O6. The Labute approximate surface area is 213 Å². The zero-order valence-electron chi connectivity index (χ0n) is 19.5. The van der Waals surface area contributed by atoms with Gasteiger partial charge in [0.1, 0.15) is 11.6 Å². The zero-order chi connectivity index (χ0) is 25.6. The van der Waals surface area contributed by atoms with Gasteiger partial charge in [0.25, 0.3) is 5.91 Å². The van der Waals surface area contributed by atoms with Gasteiger partial charge in [-0.2, -0.15) is 0 Å². The van der Waals surface area contributed by atoms with Crippen LogP contribution in [-0.2, 0) is 19.1 Å². The molecule has 6 atom stereocenters. The molecule has 2 aromatic carbocycles. The molecule has 0 aromatic heterocycles. The van der Waals surface area contributed by atoms with E-state index in [1.54, 1.807) is 54.6 Å². The summed E-state index contributed by atoms with van der Waals surface area (Å²) in [7, 11) is 0. The van der Waals surface area contributed by atoms with Gasteiger partial charge in [0, 0.05) is 17.3 Å². The number of aliphatic hydroxyl groups is 1. The van der Waals surface area contributed by atoms with Crippen molar-refractivity contribution in [3.8, 4) is 0 Å². The van der Waals surface area contributed by atoms with Crippen molar-refractivity contribution in [1.29, 1.82) is 0 Å². The standard InChI is InChI=1S/C27H27ClN2O6/c1-2-14-29(18-10-8-17(28)9-11-18)25(33)23-27-13-12-20(36-27)21(26(34)35)22(27)24(32)30(23)19(15-31)16-6-4-3-5-7-16/h2-11,19-23,31H,1,12-15H2,(H,34,35)/t19-,20-,21+,22+,23-,27+/m1/s1. The van der Waals surface area contributed by atoms with Gasteiger partial charge in [0.2, 0.25) is 5.91 Å². The van der Waals surface area contributed by atoms with E-state index in [0.29, 0.717) is 29.1 Å². The smallest absolute Gasteiger partial charge is 0.310 e. The van der Waals surface area contributed by atoms with E-state index in [9.17, 15) is 24.6 Å². The average Bonchev–Trinajstić information content (AvgIpc) is 3.52. The molecule has 0 aliphatic carbocycles. The second-order valence-corrected chi connectivity index (χ2v) is 9.90. The number of carbonyl (C=O) groups excluding carboxylic acids is 2. The molecule has 0 saturated carbocycles. The van der Waals surface area contributed by atoms with Crippen LogP contribution in [0.15, 0.2) is 67.3 Å². The number of aliphatic carboxylic acids is 1. The maximum absolute atomic E-state index is 14.4. The van der Waals surface area contributed by atoms with E-state index in [1.807, 2.05) is 6.07 Å². The lowest BCUT2D eigenvalue weighted by atomic mass is 9.70. The number of halogens is 1. The average molecular weight is 511 g/mol. The summed E-state index contributed by atoms with van der Waals surface area (Å²) in [5, 5.41) is 20.9. The van der Waals surface area contributed by atoms with Crippen molar-refractivity contribution in [3.63, 3.8) is 0 Å². The first-order valence-corrected chi connectivity index (χ1v) is 12.3. The van der Waals surface area contributed by atoms with Crippen LogP contribution < -0.4 is 4.90 Å². The van der Waals surface area contributed by atoms with Gasteiger partial charge in [-0.1, -0.05) is 48.0 Å². The molecule has 0 radical (unpaired) electrons. The number of rotatable bonds is 8. The fraction of sp³-hybridized carbons (Fsp3) is 0.370. The van der Waals surface area contributed by atoms with E-state index in [-0.39, 0.29) is 6.54 Å². The monoisotopic (exact) mass is 510 g/mol. The third kappa shape index (κ3) is 3.63. The van der Waals surface area contributed by atoms with Crippen LogP contribution in [0.2, 0.25) is 5.02 Å². The van der Waals surface area contributed by atoms with Crippen LogP contribution in [0, 0.1) is 11.8 Å². The normalized spacial score (nSPS) is 29.2. The number of carboxylic acid groups (broad SMARTS) is 1. The summed E-state index contributed by atoms with van der Waals surface area (Å²) in [6.45, 7) is 3.50. The van der Waals surface area contributed by atoms with Gasteiger partial charge in [-0.25, -0.2) is 0 Å². The van der Waals surface area contributed by atoms with Crippen molar-refractivity contribution in [3.05, 3.63) is 77.8 Å². The molecule has 188 valence electrons. The molecular weight excluding hydrogens is 484 g/mol. The summed E-state index contributed by atoms with van der Waals surface area (Å²) in [4.78, 5) is 43.5. The number of ether oxygens (including phenoxy) is 1. The van der Waals surface area contributed by atoms with Gasteiger partial charge in [0.15, 0.2) is 0 Å². The molecule has 3 heterocycles. The Morgan fingerprint density at radius 3 is 2.53 bits per heavy atom. The minimum Gasteiger partial charge on any atom is -0.481 e. The quantitative estimate of drug-likeness (QED) is 0.529. The van der Waals surface area contributed by atoms with Crippen LogP contribution in [0.4, 0.5) is 5.69 Å². The first kappa shape index (κ1) is 24.5. The van der Waals surface area contributed by atoms with E-state index >= 15 is 0 Å². The summed E-state index contributed by atoms with van der Waals surface area (Å²) in [6.07, 6.45) is 1.76. The van der Waals surface area contributed by atoms with Crippen LogP contribution in [0.3, 0.4) is 0 Å². The molecule has 8 nitrogen and oxygen atoms in total. The second-order valence-electron chi connectivity index (χ2n) is 9.46. The van der Waals surface area contributed by atoms with Crippen LogP contribution in [0.5, 0.6) is 0 Å². The Balaban J connectivity index is 1.65. The lowest BCUT2D eigenvalue weighted by molar-refractivity contribution is -0.151. The van der Waals surface area contributed by atoms with Crippen molar-refractivity contribution in [2.75, 3.05) is 18.1 Å². The molecule has 9 heteroatoms. The van der Waals surface area contributed by atoms with Gasteiger partial charge >= 0.3 is 5.97 Å². The van der Waals surface area contributed by atoms with E-state index in [1.165, 1.54) is 9.80 Å². The van der Waals surface area contributed by atoms with Gasteiger partial charge in [0.05, 0.1) is 30.6 Å². The lowest BCUT2D eigenvalue weighted by Crippen LogP contribution is -2.57. The number of carboxylic acids is 1. The van der Waals surface area contributed by atoms with Crippen molar-refractivity contribution in [1.82, 2.24) is 4.90 Å². The van der Waals surface area contributed by atoms with Crippen molar-refractivity contribution >= 4 is 35.1 Å². The highest BCUT2D eigenvalue weighted by Crippen LogP contribution is 2.60. The first-order chi connectivity index (χ1) is 17.3. The van der Waals surface area contributed by atoms with E-state index in [0.717, 1.165) is 0 Å². The molecule has 2 N–H and O–H groups in total. The SMILES string of the molecule is C=CCN(C(=O)[C@H]1N([C@H](CO)c2ccccc2)C(=O)[C@@H]2[C@@H](C(=O)O)[C@H]3CC[C@]21O3)c1ccc(Cl)cc1. The summed E-state index contributed by atoms with van der Waals surface area (Å²) in [5.74, 6) is -4.09. The maximum Gasteiger partial charge on any atom is 0.310 e. The largest absolute Gasteiger partial charge is 0.481 e. The van der Waals surface area contributed by atoms with Gasteiger partial charge in [-0.3, -0.25) is 14.4 Å². The highest BCUT2D eigenvalue weighted by molar-refractivity contribution is 6.30. The maximum atomic E-state index is 14.4. The number of amides is 2. The van der Waals surface area contributed by atoms with Gasteiger partial charge in [-0.15, -0.1) is 6.58 Å². The molecule has 36 heavy (non-hydrogen) atoms. The van der Waals surface area contributed by atoms with E-state index < -0.39 is 60.0 Å². The number of hydrogen-bond donors (Lipinski definition) is 2. The third-order valence-electron chi connectivity index (χ3n) is 7.67. The molecule has 1 spiro atoms. The fourth-order valence-corrected chi connectivity index (χ4v) is 6.36. The van der Waals surface area contributed by atoms with Gasteiger partial charge in [-0.05, 0) is 42.7 Å². The third-order valence-corrected chi connectivity index (χ3v) is 7.92. The molecule has 2 aromatic rings. The Bertz CT molecular complexity index is 1190. The molecule has 2 bridgehead atoms. The minimum atomic E-state index is -1.30. The second kappa shape index (κ2) is 9.35. The molecule has 3 aliphatic heterocycles. The number of hydrogen-bond acceptors (Lipinski definition) is 5. The predicted octanol–water partition coefficient (Wildman–Crippen LogP) is 3.05. The molecule has 3 fully saturated rings. The number of likely N-dealkylation sites (tertiary alicyclic amines) is 1. The highest BCUT2D eigenvalue weighted by atomic mass is 35.5. The summed E-state index contributed by atoms with van der Waals surface area (Å²) >= 11 is 6.06. The molecule has 3 saturated heterocycles. The van der Waals surface area contributed by atoms with Gasteiger partial charge < -0.3 is 24.7 Å². The first-order valence-electron chi connectivity index (χ1n) is 11.9. The molecule has 0 unspecified atom stereocenters. The zero-order valence-corrected chi connectivity index (χ0v) is 20.3.